The summed E-state index contributed by atoms with van der Waals surface area (Å²) in [4.78, 5) is 21.6. The number of carbonyl (C=O) groups is 2. The van der Waals surface area contributed by atoms with Crippen LogP contribution >= 0.6 is 0 Å². The van der Waals surface area contributed by atoms with Crippen LogP contribution in [0.1, 0.15) is 0 Å². The Labute approximate surface area is 99.6 Å². The number of hydrogen-bond acceptors (Lipinski definition) is 3. The molecule has 0 spiro atoms. The third-order valence-electron chi connectivity index (χ3n) is 2.01. The van der Waals surface area contributed by atoms with Gasteiger partial charge in [0.2, 0.25) is 0 Å². The molecule has 0 unspecified atom stereocenters. The lowest BCUT2D eigenvalue weighted by atomic mass is 10.0. The number of urea groups is 1. The first kappa shape index (κ1) is 15.5. The smallest absolute Gasteiger partial charge is 0.345 e. The van der Waals surface area contributed by atoms with Crippen molar-refractivity contribution in [3.05, 3.63) is 0 Å². The molecule has 3 amide bonds. The van der Waals surface area contributed by atoms with Crippen molar-refractivity contribution in [3.8, 4) is 0 Å². The van der Waals surface area contributed by atoms with Gasteiger partial charge in [0.25, 0.3) is 5.91 Å². The van der Waals surface area contributed by atoms with Crippen molar-refractivity contribution in [3.63, 3.8) is 0 Å². The van der Waals surface area contributed by atoms with Gasteiger partial charge in [-0.15, -0.1) is 0 Å². The maximum Gasteiger partial charge on any atom is 0.436 e. The maximum absolute atomic E-state index is 13.6. The number of carbonyl (C=O) groups excluding carboxylic acids is 2. The molecule has 0 aromatic carbocycles. The highest BCUT2D eigenvalue weighted by Gasteiger charge is 2.70. The van der Waals surface area contributed by atoms with Crippen LogP contribution in [0.3, 0.4) is 0 Å². The summed E-state index contributed by atoms with van der Waals surface area (Å²) >= 11 is 0. The summed E-state index contributed by atoms with van der Waals surface area (Å²) in [6.07, 6.45) is -14.1. The Bertz CT molecular complexity index is 393. The Kier molecular flexibility index (Phi) is 3.67. The molecule has 1 rings (SSSR count). The molecule has 2 N–H and O–H groups in total. The summed E-state index contributed by atoms with van der Waals surface area (Å²) in [5.74, 6) is -2.45. The molecule has 0 aliphatic carbocycles. The minimum atomic E-state index is -5.87. The summed E-state index contributed by atoms with van der Waals surface area (Å²) in [6.45, 7) is -2.27. The van der Waals surface area contributed by atoms with Gasteiger partial charge in [-0.25, -0.2) is 9.18 Å². The van der Waals surface area contributed by atoms with E-state index in [0.29, 0.717) is 0 Å². The SMILES string of the molecule is O=C1NC(=O)[C@@](F)(C(F)(F)F)[C@H](OCC(F)(F)F)N1. The second kappa shape index (κ2) is 4.51. The van der Waals surface area contributed by atoms with Crippen molar-refractivity contribution in [2.24, 2.45) is 0 Å². The Balaban J connectivity index is 3.01. The third-order valence-corrected chi connectivity index (χ3v) is 2.01. The number of rotatable bonds is 2. The van der Waals surface area contributed by atoms with E-state index in [2.05, 4.69) is 4.74 Å². The number of amides is 3. The van der Waals surface area contributed by atoms with Crippen molar-refractivity contribution in [2.75, 3.05) is 6.61 Å². The van der Waals surface area contributed by atoms with Crippen LogP contribution in [0.25, 0.3) is 0 Å². The van der Waals surface area contributed by atoms with Crippen LogP contribution in [-0.4, -0.2) is 42.8 Å². The topological polar surface area (TPSA) is 67.4 Å². The summed E-state index contributed by atoms with van der Waals surface area (Å²) < 4.78 is 90.0. The van der Waals surface area contributed by atoms with Crippen LogP contribution in [0.2, 0.25) is 0 Å². The van der Waals surface area contributed by atoms with Gasteiger partial charge in [0.05, 0.1) is 0 Å². The Morgan fingerprint density at radius 3 is 2.11 bits per heavy atom. The second-order valence-corrected chi connectivity index (χ2v) is 3.44. The Morgan fingerprint density at radius 1 is 1.16 bits per heavy atom. The predicted octanol–water partition coefficient (Wildman–Crippen LogP) is 1.00. The maximum atomic E-state index is 13.6. The number of imide groups is 1. The van der Waals surface area contributed by atoms with Crippen molar-refractivity contribution in [1.82, 2.24) is 10.6 Å². The standard InChI is InChI=1S/C7H5F7N2O3/c8-5(9,10)1-19-3-6(11,7(12,13)14)2(17)15-4(18)16-3/h3H,1H2,(H2,15,16,17,18)/t3-,6-/m0/s1. The highest BCUT2D eigenvalue weighted by Crippen LogP contribution is 2.39. The van der Waals surface area contributed by atoms with Crippen molar-refractivity contribution in [2.45, 2.75) is 24.2 Å². The molecule has 2 atom stereocenters. The van der Waals surface area contributed by atoms with Crippen molar-refractivity contribution >= 4 is 11.9 Å². The molecule has 1 aliphatic heterocycles. The first-order valence-electron chi connectivity index (χ1n) is 4.44. The summed E-state index contributed by atoms with van der Waals surface area (Å²) in [5, 5.41) is 2.09. The predicted molar refractivity (Wildman–Crippen MR) is 42.4 cm³/mol. The molecule has 12 heteroatoms. The fourth-order valence-electron chi connectivity index (χ4n) is 1.18. The molecule has 0 radical (unpaired) electrons. The molecule has 0 bridgehead atoms. The zero-order chi connectivity index (χ0) is 15.1. The monoisotopic (exact) mass is 298 g/mol. The average molecular weight is 298 g/mol. The lowest BCUT2D eigenvalue weighted by Crippen LogP contribution is -2.73. The van der Waals surface area contributed by atoms with Crippen LogP contribution in [0.4, 0.5) is 35.5 Å². The quantitative estimate of drug-likeness (QED) is 0.747. The molecular formula is C7H5F7N2O3. The first-order chi connectivity index (χ1) is 8.38. The van der Waals surface area contributed by atoms with E-state index >= 15 is 0 Å². The van der Waals surface area contributed by atoms with Gasteiger partial charge in [0.15, 0.2) is 6.23 Å². The zero-order valence-electron chi connectivity index (χ0n) is 8.65. The molecule has 1 fully saturated rings. The number of halogens is 7. The summed E-state index contributed by atoms with van der Waals surface area (Å²) in [7, 11) is 0. The van der Waals surface area contributed by atoms with Gasteiger partial charge in [-0.3, -0.25) is 10.1 Å². The molecule has 110 valence electrons. The molecule has 19 heavy (non-hydrogen) atoms. The second-order valence-electron chi connectivity index (χ2n) is 3.44. The first-order valence-corrected chi connectivity index (χ1v) is 4.44. The molecule has 0 aromatic rings. The molecular weight excluding hydrogens is 293 g/mol. The van der Waals surface area contributed by atoms with Crippen LogP contribution in [0, 0.1) is 0 Å². The minimum Gasteiger partial charge on any atom is -0.345 e. The largest absolute Gasteiger partial charge is 0.436 e. The third kappa shape index (κ3) is 3.05. The van der Waals surface area contributed by atoms with E-state index in [-0.39, 0.29) is 0 Å². The van der Waals surface area contributed by atoms with Gasteiger partial charge < -0.3 is 10.1 Å². The molecule has 1 heterocycles. The van der Waals surface area contributed by atoms with E-state index in [9.17, 15) is 40.3 Å². The minimum absolute atomic E-state index is 0.958. The average Bonchev–Trinajstić information content (AvgIpc) is 2.18. The Hall–Kier alpha value is -1.59. The van der Waals surface area contributed by atoms with E-state index in [1.165, 1.54) is 0 Å². The van der Waals surface area contributed by atoms with Gasteiger partial charge in [0, 0.05) is 0 Å². The van der Waals surface area contributed by atoms with Crippen LogP contribution < -0.4 is 10.6 Å². The van der Waals surface area contributed by atoms with Gasteiger partial charge in [0.1, 0.15) is 6.61 Å². The number of ether oxygens (including phenoxy) is 1. The fourth-order valence-corrected chi connectivity index (χ4v) is 1.18. The molecule has 5 nitrogen and oxygen atoms in total. The fraction of sp³-hybridized carbons (Fsp3) is 0.714. The van der Waals surface area contributed by atoms with E-state index in [1.807, 2.05) is 0 Å². The molecule has 1 saturated heterocycles. The number of hydrogen-bond donors (Lipinski definition) is 2. The van der Waals surface area contributed by atoms with Crippen molar-refractivity contribution in [1.29, 1.82) is 0 Å². The van der Waals surface area contributed by atoms with E-state index in [0.717, 1.165) is 10.6 Å². The highest BCUT2D eigenvalue weighted by molar-refractivity contribution is 6.02. The van der Waals surface area contributed by atoms with E-state index < -0.39 is 42.8 Å². The van der Waals surface area contributed by atoms with E-state index in [1.54, 1.807) is 0 Å². The van der Waals surface area contributed by atoms with E-state index in [4.69, 9.17) is 0 Å². The zero-order valence-corrected chi connectivity index (χ0v) is 8.65. The summed E-state index contributed by atoms with van der Waals surface area (Å²) in [6, 6.07) is -1.60. The van der Waals surface area contributed by atoms with Crippen LogP contribution in [0.5, 0.6) is 0 Å². The van der Waals surface area contributed by atoms with Gasteiger partial charge in [-0.2, -0.15) is 26.3 Å². The lowest BCUT2D eigenvalue weighted by molar-refractivity contribution is -0.276. The molecule has 0 aromatic heterocycles. The van der Waals surface area contributed by atoms with Gasteiger partial charge in [-0.05, 0) is 0 Å². The lowest BCUT2D eigenvalue weighted by Gasteiger charge is -2.37. The number of nitrogens with one attached hydrogen (secondary N) is 2. The number of alkyl halides is 7. The highest BCUT2D eigenvalue weighted by atomic mass is 19.4. The van der Waals surface area contributed by atoms with Gasteiger partial charge >= 0.3 is 24.1 Å². The molecule has 0 saturated carbocycles. The van der Waals surface area contributed by atoms with Crippen LogP contribution in [-0.2, 0) is 9.53 Å². The van der Waals surface area contributed by atoms with Gasteiger partial charge in [-0.1, -0.05) is 0 Å². The van der Waals surface area contributed by atoms with Crippen LogP contribution in [0.15, 0.2) is 0 Å². The Morgan fingerprint density at radius 2 is 1.68 bits per heavy atom. The summed E-state index contributed by atoms with van der Waals surface area (Å²) in [5.41, 5.74) is -4.81. The molecule has 1 aliphatic rings. The normalized spacial score (nSPS) is 28.9. The van der Waals surface area contributed by atoms with Crippen molar-refractivity contribution < 1.29 is 45.1 Å².